The van der Waals surface area contributed by atoms with Crippen LogP contribution in [0.1, 0.15) is 24.5 Å². The molecule has 10 heteroatoms. The molecule has 1 aliphatic rings. The molecule has 32 heavy (non-hydrogen) atoms. The Morgan fingerprint density at radius 3 is 2.59 bits per heavy atom. The van der Waals surface area contributed by atoms with Crippen LogP contribution in [-0.2, 0) is 11.0 Å². The smallest absolute Gasteiger partial charge is 0.417 e. The maximum atomic E-state index is 12.7. The Bertz CT molecular complexity index is 974. The van der Waals surface area contributed by atoms with E-state index >= 15 is 0 Å². The van der Waals surface area contributed by atoms with Crippen molar-refractivity contribution in [3.63, 3.8) is 0 Å². The standard InChI is InChI=1S/C22H23F3N4O3/c1-2-31-19-12-16(13-26)4-6-18(19)32-15-21(30)29-9-3-8-28(10-11-29)20-7-5-17(14-27-20)22(23,24)25/h4-7,12,14H,2-3,8-11,15H2,1H3. The molecule has 0 bridgehead atoms. The highest BCUT2D eigenvalue weighted by Gasteiger charge is 2.31. The average molecular weight is 448 g/mol. The van der Waals surface area contributed by atoms with E-state index < -0.39 is 11.7 Å². The summed E-state index contributed by atoms with van der Waals surface area (Å²) < 4.78 is 49.3. The van der Waals surface area contributed by atoms with Crippen LogP contribution in [0.2, 0.25) is 0 Å². The second kappa shape index (κ2) is 10.2. The molecule has 0 saturated carbocycles. The molecule has 0 spiro atoms. The van der Waals surface area contributed by atoms with Crippen molar-refractivity contribution in [2.24, 2.45) is 0 Å². The Hall–Kier alpha value is -3.48. The molecule has 0 N–H and O–H groups in total. The third-order valence-corrected chi connectivity index (χ3v) is 4.97. The maximum Gasteiger partial charge on any atom is 0.417 e. The van der Waals surface area contributed by atoms with Crippen LogP contribution >= 0.6 is 0 Å². The molecule has 1 saturated heterocycles. The fraction of sp³-hybridized carbons (Fsp3) is 0.409. The Morgan fingerprint density at radius 2 is 1.94 bits per heavy atom. The fourth-order valence-electron chi connectivity index (χ4n) is 3.33. The molecule has 1 aromatic heterocycles. The van der Waals surface area contributed by atoms with Gasteiger partial charge in [0.15, 0.2) is 18.1 Å². The number of rotatable bonds is 6. The number of anilines is 1. The van der Waals surface area contributed by atoms with Crippen molar-refractivity contribution >= 4 is 11.7 Å². The summed E-state index contributed by atoms with van der Waals surface area (Å²) in [6.07, 6.45) is -2.95. The van der Waals surface area contributed by atoms with Crippen molar-refractivity contribution in [3.8, 4) is 17.6 Å². The summed E-state index contributed by atoms with van der Waals surface area (Å²) in [4.78, 5) is 20.1. The van der Waals surface area contributed by atoms with Gasteiger partial charge in [-0.15, -0.1) is 0 Å². The van der Waals surface area contributed by atoms with E-state index in [1.807, 2.05) is 17.9 Å². The van der Waals surface area contributed by atoms with Crippen molar-refractivity contribution in [1.29, 1.82) is 5.26 Å². The molecule has 1 fully saturated rings. The number of hydrogen-bond donors (Lipinski definition) is 0. The van der Waals surface area contributed by atoms with Gasteiger partial charge in [-0.2, -0.15) is 18.4 Å². The number of pyridine rings is 1. The summed E-state index contributed by atoms with van der Waals surface area (Å²) in [5, 5.41) is 9.02. The first-order valence-corrected chi connectivity index (χ1v) is 10.2. The first-order chi connectivity index (χ1) is 15.3. The number of alkyl halides is 3. The van der Waals surface area contributed by atoms with Crippen molar-refractivity contribution in [2.75, 3.05) is 44.3 Å². The van der Waals surface area contributed by atoms with E-state index in [9.17, 15) is 18.0 Å². The van der Waals surface area contributed by atoms with Crippen LogP contribution in [0.5, 0.6) is 11.5 Å². The summed E-state index contributed by atoms with van der Waals surface area (Å²) in [6.45, 7) is 3.94. The van der Waals surface area contributed by atoms with E-state index in [0.717, 1.165) is 12.3 Å². The zero-order chi connectivity index (χ0) is 23.1. The van der Waals surface area contributed by atoms with Gasteiger partial charge in [0.25, 0.3) is 5.91 Å². The average Bonchev–Trinajstić information content (AvgIpc) is 3.04. The van der Waals surface area contributed by atoms with Crippen molar-refractivity contribution in [1.82, 2.24) is 9.88 Å². The third-order valence-electron chi connectivity index (χ3n) is 4.97. The number of aromatic nitrogens is 1. The summed E-state index contributed by atoms with van der Waals surface area (Å²) in [7, 11) is 0. The Labute approximate surface area is 184 Å². The van der Waals surface area contributed by atoms with Crippen LogP contribution in [0, 0.1) is 11.3 Å². The third kappa shape index (κ3) is 5.81. The van der Waals surface area contributed by atoms with Crippen LogP contribution in [-0.4, -0.2) is 55.2 Å². The van der Waals surface area contributed by atoms with E-state index in [1.165, 1.54) is 6.07 Å². The maximum absolute atomic E-state index is 12.7. The van der Waals surface area contributed by atoms with E-state index in [4.69, 9.17) is 14.7 Å². The molecular weight excluding hydrogens is 425 g/mol. The van der Waals surface area contributed by atoms with E-state index in [1.54, 1.807) is 23.1 Å². The van der Waals surface area contributed by atoms with Gasteiger partial charge in [-0.05, 0) is 37.6 Å². The minimum Gasteiger partial charge on any atom is -0.490 e. The van der Waals surface area contributed by atoms with Crippen LogP contribution in [0.3, 0.4) is 0 Å². The topological polar surface area (TPSA) is 78.7 Å². The zero-order valence-corrected chi connectivity index (χ0v) is 17.6. The minimum atomic E-state index is -4.43. The molecule has 0 unspecified atom stereocenters. The molecule has 0 atom stereocenters. The number of amides is 1. The molecule has 1 amide bonds. The van der Waals surface area contributed by atoms with Gasteiger partial charge in [-0.25, -0.2) is 4.98 Å². The molecule has 7 nitrogen and oxygen atoms in total. The van der Waals surface area contributed by atoms with Crippen molar-refractivity contribution in [2.45, 2.75) is 19.5 Å². The minimum absolute atomic E-state index is 0.190. The number of carbonyl (C=O) groups is 1. The summed E-state index contributed by atoms with van der Waals surface area (Å²) in [5.41, 5.74) is -0.365. The Morgan fingerprint density at radius 1 is 1.12 bits per heavy atom. The van der Waals surface area contributed by atoms with Gasteiger partial charge in [-0.1, -0.05) is 0 Å². The van der Waals surface area contributed by atoms with Gasteiger partial charge in [0.05, 0.1) is 23.8 Å². The quantitative estimate of drug-likeness (QED) is 0.673. The highest BCUT2D eigenvalue weighted by molar-refractivity contribution is 5.78. The largest absolute Gasteiger partial charge is 0.490 e. The molecule has 3 rings (SSSR count). The molecule has 1 aromatic carbocycles. The molecule has 170 valence electrons. The molecular formula is C22H23F3N4O3. The predicted molar refractivity (Wildman–Crippen MR) is 110 cm³/mol. The lowest BCUT2D eigenvalue weighted by Gasteiger charge is -2.23. The molecule has 1 aliphatic heterocycles. The number of benzene rings is 1. The number of halogens is 3. The Balaban J connectivity index is 1.57. The van der Waals surface area contributed by atoms with Gasteiger partial charge in [0.2, 0.25) is 0 Å². The highest BCUT2D eigenvalue weighted by Crippen LogP contribution is 2.30. The highest BCUT2D eigenvalue weighted by atomic mass is 19.4. The van der Waals surface area contributed by atoms with Crippen LogP contribution in [0.15, 0.2) is 36.5 Å². The SMILES string of the molecule is CCOc1cc(C#N)ccc1OCC(=O)N1CCCN(c2ccc(C(F)(F)F)cn2)CC1. The molecule has 2 heterocycles. The van der Waals surface area contributed by atoms with Gasteiger partial charge >= 0.3 is 6.18 Å². The number of carbonyl (C=O) groups excluding carboxylic acids is 1. The molecule has 0 radical (unpaired) electrons. The zero-order valence-electron chi connectivity index (χ0n) is 17.6. The van der Waals surface area contributed by atoms with Gasteiger partial charge in [0, 0.05) is 38.4 Å². The summed E-state index contributed by atoms with van der Waals surface area (Å²) >= 11 is 0. The van der Waals surface area contributed by atoms with E-state index in [0.29, 0.717) is 62.1 Å². The first kappa shape index (κ1) is 23.2. The van der Waals surface area contributed by atoms with Crippen molar-refractivity contribution in [3.05, 3.63) is 47.7 Å². The monoisotopic (exact) mass is 448 g/mol. The lowest BCUT2D eigenvalue weighted by molar-refractivity contribution is -0.137. The van der Waals surface area contributed by atoms with Gasteiger partial charge in [0.1, 0.15) is 5.82 Å². The summed E-state index contributed by atoms with van der Waals surface area (Å²) in [5.74, 6) is 1.01. The van der Waals surface area contributed by atoms with Crippen LogP contribution in [0.25, 0.3) is 0 Å². The predicted octanol–water partition coefficient (Wildman–Crippen LogP) is 3.49. The van der Waals surface area contributed by atoms with E-state index in [-0.39, 0.29) is 12.5 Å². The van der Waals surface area contributed by atoms with Gasteiger partial charge in [-0.3, -0.25) is 4.79 Å². The van der Waals surface area contributed by atoms with Gasteiger partial charge < -0.3 is 19.3 Å². The second-order valence-electron chi connectivity index (χ2n) is 7.12. The van der Waals surface area contributed by atoms with Crippen LogP contribution in [0.4, 0.5) is 19.0 Å². The lowest BCUT2D eigenvalue weighted by Crippen LogP contribution is -2.38. The number of ether oxygens (including phenoxy) is 2. The molecule has 2 aromatic rings. The number of nitrogens with zero attached hydrogens (tertiary/aromatic N) is 4. The lowest BCUT2D eigenvalue weighted by atomic mass is 10.2. The Kier molecular flexibility index (Phi) is 7.41. The summed E-state index contributed by atoms with van der Waals surface area (Å²) in [6, 6.07) is 9.13. The van der Waals surface area contributed by atoms with Crippen LogP contribution < -0.4 is 14.4 Å². The molecule has 0 aliphatic carbocycles. The normalized spacial score (nSPS) is 14.5. The first-order valence-electron chi connectivity index (χ1n) is 10.2. The second-order valence-corrected chi connectivity index (χ2v) is 7.12. The number of hydrogen-bond acceptors (Lipinski definition) is 6. The fourth-order valence-corrected chi connectivity index (χ4v) is 3.33. The number of nitriles is 1. The van der Waals surface area contributed by atoms with E-state index in [2.05, 4.69) is 4.98 Å². The van der Waals surface area contributed by atoms with Crippen molar-refractivity contribution < 1.29 is 27.4 Å².